The Labute approximate surface area is 103 Å². The molecular weight excluding hydrogens is 214 g/mol. The number of nitrogens with zero attached hydrogens (tertiary/aromatic N) is 1. The van der Waals surface area contributed by atoms with Crippen molar-refractivity contribution < 1.29 is 4.74 Å². The van der Waals surface area contributed by atoms with Crippen LogP contribution in [0.5, 0.6) is 5.88 Å². The van der Waals surface area contributed by atoms with Gasteiger partial charge in [-0.25, -0.2) is 4.98 Å². The summed E-state index contributed by atoms with van der Waals surface area (Å²) < 4.78 is 5.60. The van der Waals surface area contributed by atoms with Gasteiger partial charge in [0.25, 0.3) is 0 Å². The fourth-order valence-corrected chi connectivity index (χ4v) is 1.63. The molecule has 0 amide bonds. The third-order valence-electron chi connectivity index (χ3n) is 2.56. The zero-order valence-corrected chi connectivity index (χ0v) is 10.8. The normalized spacial score (nSPS) is 10.6. The second-order valence-electron chi connectivity index (χ2n) is 4.61. The van der Waals surface area contributed by atoms with Gasteiger partial charge in [-0.2, -0.15) is 0 Å². The lowest BCUT2D eigenvalue weighted by Gasteiger charge is -2.11. The van der Waals surface area contributed by atoms with Crippen molar-refractivity contribution >= 4 is 5.84 Å². The van der Waals surface area contributed by atoms with Gasteiger partial charge in [0, 0.05) is 6.20 Å². The summed E-state index contributed by atoms with van der Waals surface area (Å²) in [7, 11) is 0. The number of hydrogen-bond acceptors (Lipinski definition) is 3. The summed E-state index contributed by atoms with van der Waals surface area (Å²) in [5, 5.41) is 7.52. The summed E-state index contributed by atoms with van der Waals surface area (Å²) in [6.45, 7) is 6.89. The second kappa shape index (κ2) is 6.23. The van der Waals surface area contributed by atoms with E-state index in [-0.39, 0.29) is 5.84 Å². The number of rotatable bonds is 6. The first-order chi connectivity index (χ1) is 8.02. The minimum absolute atomic E-state index is 0.00876. The van der Waals surface area contributed by atoms with Crippen molar-refractivity contribution in [3.8, 4) is 5.88 Å². The molecule has 1 aromatic rings. The van der Waals surface area contributed by atoms with E-state index in [0.717, 1.165) is 18.4 Å². The van der Waals surface area contributed by atoms with E-state index >= 15 is 0 Å². The highest BCUT2D eigenvalue weighted by atomic mass is 16.5. The maximum absolute atomic E-state index is 7.52. The van der Waals surface area contributed by atoms with Crippen molar-refractivity contribution in [2.45, 2.75) is 33.6 Å². The van der Waals surface area contributed by atoms with Gasteiger partial charge in [0.1, 0.15) is 5.84 Å². The summed E-state index contributed by atoms with van der Waals surface area (Å²) >= 11 is 0. The van der Waals surface area contributed by atoms with Gasteiger partial charge in [0.2, 0.25) is 5.88 Å². The first-order valence-corrected chi connectivity index (χ1v) is 5.95. The van der Waals surface area contributed by atoms with E-state index < -0.39 is 0 Å². The Morgan fingerprint density at radius 2 is 2.24 bits per heavy atom. The maximum Gasteiger partial charge on any atom is 0.224 e. The smallest absolute Gasteiger partial charge is 0.224 e. The summed E-state index contributed by atoms with van der Waals surface area (Å²) in [4.78, 5) is 4.13. The van der Waals surface area contributed by atoms with Gasteiger partial charge in [0.05, 0.1) is 12.2 Å². The number of nitrogen functional groups attached to an aromatic ring is 1. The molecule has 1 aromatic heterocycles. The largest absolute Gasteiger partial charge is 0.477 e. The molecule has 0 spiro atoms. The van der Waals surface area contributed by atoms with Crippen LogP contribution in [-0.4, -0.2) is 17.4 Å². The second-order valence-corrected chi connectivity index (χ2v) is 4.61. The Balaban J connectivity index is 2.64. The lowest BCUT2D eigenvalue weighted by molar-refractivity contribution is 0.286. The Hall–Kier alpha value is -1.58. The van der Waals surface area contributed by atoms with Crippen molar-refractivity contribution in [1.82, 2.24) is 4.98 Å². The number of hydrogen-bond donors (Lipinski definition) is 2. The minimum Gasteiger partial charge on any atom is -0.477 e. The highest BCUT2D eigenvalue weighted by Crippen LogP contribution is 2.18. The number of nitrogens with two attached hydrogens (primary N) is 1. The van der Waals surface area contributed by atoms with Gasteiger partial charge in [0.15, 0.2) is 0 Å². The topological polar surface area (TPSA) is 72.0 Å². The Morgan fingerprint density at radius 1 is 1.53 bits per heavy atom. The SMILES string of the molecule is Cc1ccnc(OCCCC(C)C)c1C(=N)N. The molecule has 0 atom stereocenters. The molecule has 0 saturated carbocycles. The van der Waals surface area contributed by atoms with Crippen molar-refractivity contribution in [2.24, 2.45) is 11.7 Å². The first-order valence-electron chi connectivity index (χ1n) is 5.95. The standard InChI is InChI=1S/C13H21N3O/c1-9(2)5-4-8-17-13-11(12(14)15)10(3)6-7-16-13/h6-7,9H,4-5,8H2,1-3H3,(H3,14,15). The van der Waals surface area contributed by atoms with E-state index in [9.17, 15) is 0 Å². The predicted octanol–water partition coefficient (Wildman–Crippen LogP) is 2.49. The third-order valence-corrected chi connectivity index (χ3v) is 2.56. The van der Waals surface area contributed by atoms with Crippen LogP contribution in [0.1, 0.15) is 37.8 Å². The van der Waals surface area contributed by atoms with Gasteiger partial charge >= 0.3 is 0 Å². The van der Waals surface area contributed by atoms with E-state index in [4.69, 9.17) is 15.9 Å². The Kier molecular flexibility index (Phi) is 4.94. The monoisotopic (exact) mass is 235 g/mol. The molecule has 0 unspecified atom stereocenters. The number of amidine groups is 1. The van der Waals surface area contributed by atoms with Gasteiger partial charge in [-0.05, 0) is 37.3 Å². The molecule has 94 valence electrons. The molecule has 0 aliphatic heterocycles. The fraction of sp³-hybridized carbons (Fsp3) is 0.538. The van der Waals surface area contributed by atoms with Crippen LogP contribution in [0.15, 0.2) is 12.3 Å². The summed E-state index contributed by atoms with van der Waals surface area (Å²) in [6, 6.07) is 1.83. The van der Waals surface area contributed by atoms with Crippen LogP contribution in [0.3, 0.4) is 0 Å². The van der Waals surface area contributed by atoms with Crippen LogP contribution in [0.25, 0.3) is 0 Å². The van der Waals surface area contributed by atoms with E-state index in [0.29, 0.717) is 24.0 Å². The molecule has 4 heteroatoms. The van der Waals surface area contributed by atoms with E-state index in [1.807, 2.05) is 13.0 Å². The minimum atomic E-state index is 0.00876. The van der Waals surface area contributed by atoms with Gasteiger partial charge in [-0.1, -0.05) is 13.8 Å². The number of ether oxygens (including phenoxy) is 1. The van der Waals surface area contributed by atoms with E-state index in [1.165, 1.54) is 0 Å². The average Bonchev–Trinajstić information content (AvgIpc) is 2.23. The number of aromatic nitrogens is 1. The molecule has 0 aromatic carbocycles. The number of pyridine rings is 1. The Bertz CT molecular complexity index is 388. The maximum atomic E-state index is 7.52. The van der Waals surface area contributed by atoms with E-state index in [1.54, 1.807) is 6.20 Å². The zero-order valence-electron chi connectivity index (χ0n) is 10.8. The molecule has 0 radical (unpaired) electrons. The van der Waals surface area contributed by atoms with Gasteiger partial charge in [-0.15, -0.1) is 0 Å². The lowest BCUT2D eigenvalue weighted by atomic mass is 10.1. The molecule has 17 heavy (non-hydrogen) atoms. The molecule has 1 rings (SSSR count). The van der Waals surface area contributed by atoms with Crippen molar-refractivity contribution in [2.75, 3.05) is 6.61 Å². The number of aryl methyl sites for hydroxylation is 1. The van der Waals surface area contributed by atoms with Crippen LogP contribution in [-0.2, 0) is 0 Å². The van der Waals surface area contributed by atoms with Crippen LogP contribution >= 0.6 is 0 Å². The zero-order chi connectivity index (χ0) is 12.8. The molecule has 0 bridgehead atoms. The molecule has 0 aliphatic rings. The molecule has 0 fully saturated rings. The fourth-order valence-electron chi connectivity index (χ4n) is 1.63. The van der Waals surface area contributed by atoms with Crippen molar-refractivity contribution in [3.63, 3.8) is 0 Å². The summed E-state index contributed by atoms with van der Waals surface area (Å²) in [5.41, 5.74) is 7.06. The number of nitrogens with one attached hydrogen (secondary N) is 1. The predicted molar refractivity (Wildman–Crippen MR) is 69.6 cm³/mol. The van der Waals surface area contributed by atoms with Crippen LogP contribution in [0.4, 0.5) is 0 Å². The molecule has 3 N–H and O–H groups in total. The first kappa shape index (κ1) is 13.5. The Morgan fingerprint density at radius 3 is 2.82 bits per heavy atom. The van der Waals surface area contributed by atoms with Crippen LogP contribution < -0.4 is 10.5 Å². The van der Waals surface area contributed by atoms with E-state index in [2.05, 4.69) is 18.8 Å². The highest BCUT2D eigenvalue weighted by molar-refractivity contribution is 5.98. The molecular formula is C13H21N3O. The summed E-state index contributed by atoms with van der Waals surface area (Å²) in [6.07, 6.45) is 3.80. The van der Waals surface area contributed by atoms with Crippen LogP contribution in [0, 0.1) is 18.3 Å². The van der Waals surface area contributed by atoms with Gasteiger partial charge < -0.3 is 10.5 Å². The van der Waals surface area contributed by atoms with Crippen molar-refractivity contribution in [3.05, 3.63) is 23.4 Å². The highest BCUT2D eigenvalue weighted by Gasteiger charge is 2.11. The molecule has 0 saturated heterocycles. The van der Waals surface area contributed by atoms with Crippen LogP contribution in [0.2, 0.25) is 0 Å². The van der Waals surface area contributed by atoms with Gasteiger partial charge in [-0.3, -0.25) is 5.41 Å². The summed E-state index contributed by atoms with van der Waals surface area (Å²) in [5.74, 6) is 1.16. The lowest BCUT2D eigenvalue weighted by Crippen LogP contribution is -2.16. The molecule has 0 aliphatic carbocycles. The molecule has 4 nitrogen and oxygen atoms in total. The molecule has 1 heterocycles. The quantitative estimate of drug-likeness (QED) is 0.452. The third kappa shape index (κ3) is 4.06. The van der Waals surface area contributed by atoms with Crippen molar-refractivity contribution in [1.29, 1.82) is 5.41 Å². The average molecular weight is 235 g/mol.